The molecule has 1 aromatic heterocycles. The summed E-state index contributed by atoms with van der Waals surface area (Å²) in [5, 5.41) is 3.15. The molecular weight excluding hydrogens is 268 g/mol. The lowest BCUT2D eigenvalue weighted by Crippen LogP contribution is -1.96. The van der Waals surface area contributed by atoms with E-state index in [0.29, 0.717) is 5.58 Å². The normalized spacial score (nSPS) is 11.1. The predicted octanol–water partition coefficient (Wildman–Crippen LogP) is 3.71. The average molecular weight is 275 g/mol. The Morgan fingerprint density at radius 2 is 1.88 bits per heavy atom. The number of rotatable bonds is 0. The quantitative estimate of drug-likeness (QED) is 0.462. The Balaban J connectivity index is 2.65. The van der Waals surface area contributed by atoms with Crippen molar-refractivity contribution >= 4 is 37.7 Å². The van der Waals surface area contributed by atoms with Crippen molar-refractivity contribution in [2.75, 3.05) is 0 Å². The van der Waals surface area contributed by atoms with Gasteiger partial charge in [0.2, 0.25) is 0 Å². The number of hydrogen-bond acceptors (Lipinski definition) is 2. The molecule has 0 fully saturated rings. The Bertz CT molecular complexity index is 744. The van der Waals surface area contributed by atoms with E-state index in [9.17, 15) is 4.79 Å². The van der Waals surface area contributed by atoms with Gasteiger partial charge in [0.05, 0.1) is 0 Å². The number of hydrogen-bond donors (Lipinski definition) is 0. The van der Waals surface area contributed by atoms with Gasteiger partial charge in [0.15, 0.2) is 0 Å². The fourth-order valence-corrected chi connectivity index (χ4v) is 2.49. The SMILES string of the molecule is O=c1cc(Br)c2c(ccc3ccccc32)o1. The van der Waals surface area contributed by atoms with E-state index >= 15 is 0 Å². The summed E-state index contributed by atoms with van der Waals surface area (Å²) in [6.07, 6.45) is 0. The van der Waals surface area contributed by atoms with Crippen molar-refractivity contribution in [3.8, 4) is 0 Å². The molecule has 2 nitrogen and oxygen atoms in total. The lowest BCUT2D eigenvalue weighted by molar-refractivity contribution is 0.560. The molecule has 0 amide bonds. The van der Waals surface area contributed by atoms with E-state index in [1.807, 2.05) is 36.4 Å². The van der Waals surface area contributed by atoms with Crippen LogP contribution >= 0.6 is 15.9 Å². The molecule has 3 aromatic rings. The Kier molecular flexibility index (Phi) is 2.07. The van der Waals surface area contributed by atoms with Crippen LogP contribution in [0.1, 0.15) is 0 Å². The van der Waals surface area contributed by atoms with Gasteiger partial charge in [0.25, 0.3) is 0 Å². The smallest absolute Gasteiger partial charge is 0.337 e. The third kappa shape index (κ3) is 1.36. The second-order valence-electron chi connectivity index (χ2n) is 3.57. The summed E-state index contributed by atoms with van der Waals surface area (Å²) >= 11 is 3.41. The van der Waals surface area contributed by atoms with Gasteiger partial charge in [-0.3, -0.25) is 0 Å². The van der Waals surface area contributed by atoms with Gasteiger partial charge in [-0.2, -0.15) is 0 Å². The third-order valence-corrected chi connectivity index (χ3v) is 3.21. The molecule has 0 saturated carbocycles. The van der Waals surface area contributed by atoms with Crippen LogP contribution in [-0.4, -0.2) is 0 Å². The Morgan fingerprint density at radius 1 is 1.06 bits per heavy atom. The van der Waals surface area contributed by atoms with E-state index in [0.717, 1.165) is 20.6 Å². The highest BCUT2D eigenvalue weighted by atomic mass is 79.9. The minimum Gasteiger partial charge on any atom is -0.423 e. The van der Waals surface area contributed by atoms with Gasteiger partial charge in [0.1, 0.15) is 5.58 Å². The molecule has 0 aliphatic rings. The summed E-state index contributed by atoms with van der Waals surface area (Å²) in [4.78, 5) is 11.2. The van der Waals surface area contributed by atoms with Crippen molar-refractivity contribution in [1.29, 1.82) is 0 Å². The van der Waals surface area contributed by atoms with Crippen LogP contribution in [0.15, 0.2) is 56.1 Å². The molecule has 0 aliphatic carbocycles. The van der Waals surface area contributed by atoms with Crippen LogP contribution in [0, 0.1) is 0 Å². The molecule has 0 aliphatic heterocycles. The van der Waals surface area contributed by atoms with Crippen LogP contribution < -0.4 is 5.63 Å². The zero-order valence-corrected chi connectivity index (χ0v) is 9.82. The molecule has 0 N–H and O–H groups in total. The number of benzene rings is 2. The molecule has 3 heteroatoms. The Morgan fingerprint density at radius 3 is 2.75 bits per heavy atom. The summed E-state index contributed by atoms with van der Waals surface area (Å²) in [5.74, 6) is 0. The van der Waals surface area contributed by atoms with E-state index in [2.05, 4.69) is 15.9 Å². The predicted molar refractivity (Wildman–Crippen MR) is 67.7 cm³/mol. The zero-order valence-electron chi connectivity index (χ0n) is 8.24. The highest BCUT2D eigenvalue weighted by Crippen LogP contribution is 2.29. The molecule has 1 heterocycles. The monoisotopic (exact) mass is 274 g/mol. The first-order valence-corrected chi connectivity index (χ1v) is 5.66. The van der Waals surface area contributed by atoms with Crippen molar-refractivity contribution in [1.82, 2.24) is 0 Å². The fraction of sp³-hybridized carbons (Fsp3) is 0. The fourth-order valence-electron chi connectivity index (χ4n) is 1.90. The van der Waals surface area contributed by atoms with Crippen molar-refractivity contribution in [3.63, 3.8) is 0 Å². The molecule has 0 saturated heterocycles. The molecule has 0 unspecified atom stereocenters. The minimum atomic E-state index is -0.338. The first-order valence-electron chi connectivity index (χ1n) is 4.87. The second-order valence-corrected chi connectivity index (χ2v) is 4.43. The van der Waals surface area contributed by atoms with E-state index in [1.165, 1.54) is 6.07 Å². The lowest BCUT2D eigenvalue weighted by Gasteiger charge is -2.03. The Hall–Kier alpha value is -1.61. The summed E-state index contributed by atoms with van der Waals surface area (Å²) in [6, 6.07) is 13.2. The molecule has 0 radical (unpaired) electrons. The van der Waals surface area contributed by atoms with E-state index in [4.69, 9.17) is 4.42 Å². The van der Waals surface area contributed by atoms with Gasteiger partial charge in [-0.1, -0.05) is 30.3 Å². The summed E-state index contributed by atoms with van der Waals surface area (Å²) < 4.78 is 5.94. The van der Waals surface area contributed by atoms with Gasteiger partial charge in [-0.25, -0.2) is 4.79 Å². The van der Waals surface area contributed by atoms with Crippen molar-refractivity contribution in [2.24, 2.45) is 0 Å². The maximum atomic E-state index is 11.2. The van der Waals surface area contributed by atoms with Crippen LogP contribution in [0.25, 0.3) is 21.7 Å². The first-order chi connectivity index (χ1) is 7.75. The molecule has 0 spiro atoms. The first kappa shape index (κ1) is 9.60. The standard InChI is InChI=1S/C13H7BrO2/c14-10-7-12(15)16-11-6-5-8-3-1-2-4-9(8)13(10)11/h1-7H. The van der Waals surface area contributed by atoms with Crippen molar-refractivity contribution in [3.05, 3.63) is 57.4 Å². The second kappa shape index (κ2) is 3.46. The highest BCUT2D eigenvalue weighted by molar-refractivity contribution is 9.10. The molecule has 3 rings (SSSR count). The van der Waals surface area contributed by atoms with Crippen molar-refractivity contribution in [2.45, 2.75) is 0 Å². The van der Waals surface area contributed by atoms with Gasteiger partial charge >= 0.3 is 5.63 Å². The largest absolute Gasteiger partial charge is 0.423 e. The van der Waals surface area contributed by atoms with Gasteiger partial charge in [-0.05, 0) is 32.8 Å². The van der Waals surface area contributed by atoms with Crippen molar-refractivity contribution < 1.29 is 4.42 Å². The van der Waals surface area contributed by atoms with E-state index in [-0.39, 0.29) is 5.63 Å². The van der Waals surface area contributed by atoms with Gasteiger partial charge in [0, 0.05) is 15.9 Å². The Labute approximate surface area is 99.6 Å². The summed E-state index contributed by atoms with van der Waals surface area (Å²) in [7, 11) is 0. The summed E-state index contributed by atoms with van der Waals surface area (Å²) in [6.45, 7) is 0. The molecule has 78 valence electrons. The van der Waals surface area contributed by atoms with Crippen LogP contribution in [0.3, 0.4) is 0 Å². The van der Waals surface area contributed by atoms with E-state index < -0.39 is 0 Å². The third-order valence-electron chi connectivity index (χ3n) is 2.58. The zero-order chi connectivity index (χ0) is 11.1. The van der Waals surface area contributed by atoms with Gasteiger partial charge in [-0.15, -0.1) is 0 Å². The van der Waals surface area contributed by atoms with Crippen LogP contribution in [0.4, 0.5) is 0 Å². The van der Waals surface area contributed by atoms with Crippen LogP contribution in [0.2, 0.25) is 0 Å². The molecule has 16 heavy (non-hydrogen) atoms. The molecule has 0 atom stereocenters. The molecular formula is C13H7BrO2. The lowest BCUT2D eigenvalue weighted by atomic mass is 10.1. The minimum absolute atomic E-state index is 0.338. The van der Waals surface area contributed by atoms with Gasteiger partial charge < -0.3 is 4.42 Å². The maximum Gasteiger partial charge on any atom is 0.337 e. The molecule has 2 aromatic carbocycles. The number of halogens is 1. The maximum absolute atomic E-state index is 11.2. The summed E-state index contributed by atoms with van der Waals surface area (Å²) in [5.41, 5.74) is 0.271. The average Bonchev–Trinajstić information content (AvgIpc) is 2.28. The number of fused-ring (bicyclic) bond motifs is 3. The molecule has 0 bridgehead atoms. The topological polar surface area (TPSA) is 30.2 Å². The highest BCUT2D eigenvalue weighted by Gasteiger charge is 2.06. The van der Waals surface area contributed by atoms with Crippen LogP contribution in [0.5, 0.6) is 0 Å². The van der Waals surface area contributed by atoms with Crippen LogP contribution in [-0.2, 0) is 0 Å². The van der Waals surface area contributed by atoms with E-state index in [1.54, 1.807) is 0 Å².